The molecule has 0 saturated heterocycles. The molecule has 4 rings (SSSR count). The van der Waals surface area contributed by atoms with E-state index in [0.29, 0.717) is 23.1 Å². The number of esters is 1. The van der Waals surface area contributed by atoms with Crippen LogP contribution in [0.5, 0.6) is 5.88 Å². The second kappa shape index (κ2) is 13.5. The van der Waals surface area contributed by atoms with Crippen LogP contribution >= 0.6 is 23.2 Å². The molecule has 0 aliphatic heterocycles. The third-order valence-electron chi connectivity index (χ3n) is 5.92. The molecular weight excluding hydrogens is 595 g/mol. The van der Waals surface area contributed by atoms with Gasteiger partial charge in [0.25, 0.3) is 10.0 Å². The minimum atomic E-state index is -4.27. The van der Waals surface area contributed by atoms with Crippen LogP contribution in [0.4, 0.5) is 5.69 Å². The Morgan fingerprint density at radius 2 is 1.85 bits per heavy atom. The van der Waals surface area contributed by atoms with Crippen molar-refractivity contribution in [1.29, 1.82) is 0 Å². The molecule has 0 aliphatic rings. The Bertz CT molecular complexity index is 1590. The first-order valence-corrected chi connectivity index (χ1v) is 14.8. The summed E-state index contributed by atoms with van der Waals surface area (Å²) in [4.78, 5) is 21.0. The van der Waals surface area contributed by atoms with Crippen molar-refractivity contribution in [2.24, 2.45) is 0 Å². The van der Waals surface area contributed by atoms with Crippen LogP contribution in [0, 0.1) is 0 Å². The van der Waals surface area contributed by atoms with E-state index in [2.05, 4.69) is 9.97 Å². The fourth-order valence-electron chi connectivity index (χ4n) is 3.84. The number of ether oxygens (including phenoxy) is 2. The maximum absolute atomic E-state index is 13.7. The van der Waals surface area contributed by atoms with E-state index in [9.17, 15) is 18.3 Å². The van der Waals surface area contributed by atoms with Crippen LogP contribution in [-0.4, -0.2) is 71.6 Å². The number of nitrogens with zero attached hydrogens (tertiary/aromatic N) is 4. The number of fused-ring (bicyclic) bond motifs is 1. The van der Waals surface area contributed by atoms with Crippen LogP contribution in [-0.2, 0) is 19.6 Å². The number of hydrogen-bond donors (Lipinski definition) is 2. The molecular formula is C27H28Cl2N4O7S. The Morgan fingerprint density at radius 1 is 1.10 bits per heavy atom. The molecule has 0 saturated carbocycles. The number of sulfonamides is 1. The fourth-order valence-corrected chi connectivity index (χ4v) is 5.97. The summed E-state index contributed by atoms with van der Waals surface area (Å²) in [6.45, 7) is 1.01. The smallest absolute Gasteiger partial charge is 0.326 e. The van der Waals surface area contributed by atoms with E-state index in [4.69, 9.17) is 37.8 Å². The number of rotatable bonds is 13. The van der Waals surface area contributed by atoms with Crippen LogP contribution in [0.1, 0.15) is 19.8 Å². The minimum Gasteiger partial charge on any atom is -0.474 e. The number of aliphatic hydroxyl groups is 2. The summed E-state index contributed by atoms with van der Waals surface area (Å²) in [7, 11) is -4.27. The van der Waals surface area contributed by atoms with E-state index in [-0.39, 0.29) is 39.7 Å². The summed E-state index contributed by atoms with van der Waals surface area (Å²) in [6, 6.07) is 10.6. The lowest BCUT2D eigenvalue weighted by molar-refractivity contribution is -0.141. The Labute approximate surface area is 246 Å². The van der Waals surface area contributed by atoms with Crippen molar-refractivity contribution in [3.05, 3.63) is 71.1 Å². The average molecular weight is 624 g/mol. The summed E-state index contributed by atoms with van der Waals surface area (Å²) in [5, 5.41) is 19.3. The van der Waals surface area contributed by atoms with Gasteiger partial charge in [0.05, 0.1) is 41.7 Å². The number of carbonyl (C=O) groups is 1. The van der Waals surface area contributed by atoms with Crippen LogP contribution < -0.4 is 9.04 Å². The number of halogens is 2. The molecule has 14 heteroatoms. The van der Waals surface area contributed by atoms with E-state index in [1.807, 2.05) is 6.92 Å². The highest BCUT2D eigenvalue weighted by atomic mass is 35.5. The lowest BCUT2D eigenvalue weighted by Crippen LogP contribution is -2.36. The van der Waals surface area contributed by atoms with Crippen molar-refractivity contribution >= 4 is 55.8 Å². The lowest BCUT2D eigenvalue weighted by Gasteiger charge is -2.24. The molecule has 2 N–H and O–H groups in total. The standard InChI is InChI=1S/C27H28Cl2N4O7S/c1-2-3-8-39-27(36)15-33(41(37,38)23-11-19(28)10-20(29)12-23)21-4-5-24-18(9-21)6-7-32(24)25-13-31-26(14-30-25)40-17-22(35)16-34/h4-7,9-14,22,34-35H,2-3,8,15-17H2,1H3. The maximum Gasteiger partial charge on any atom is 0.326 e. The average Bonchev–Trinajstić information content (AvgIpc) is 3.37. The van der Waals surface area contributed by atoms with Crippen LogP contribution in [0.3, 0.4) is 0 Å². The normalized spacial score (nSPS) is 12.3. The van der Waals surface area contributed by atoms with Crippen molar-refractivity contribution in [3.8, 4) is 11.7 Å². The molecule has 0 spiro atoms. The molecule has 0 radical (unpaired) electrons. The zero-order chi connectivity index (χ0) is 29.6. The number of hydrogen-bond acceptors (Lipinski definition) is 9. The number of unbranched alkanes of at least 4 members (excludes halogenated alkanes) is 1. The maximum atomic E-state index is 13.7. The van der Waals surface area contributed by atoms with Crippen molar-refractivity contribution in [2.45, 2.75) is 30.8 Å². The number of aliphatic hydroxyl groups excluding tert-OH is 2. The van der Waals surface area contributed by atoms with Gasteiger partial charge in [0.2, 0.25) is 5.88 Å². The Hall–Kier alpha value is -3.42. The van der Waals surface area contributed by atoms with Gasteiger partial charge in [-0.25, -0.2) is 18.4 Å². The summed E-state index contributed by atoms with van der Waals surface area (Å²) in [6.07, 6.45) is 5.04. The van der Waals surface area contributed by atoms with Crippen molar-refractivity contribution < 1.29 is 32.9 Å². The molecule has 11 nitrogen and oxygen atoms in total. The van der Waals surface area contributed by atoms with Gasteiger partial charge in [0.1, 0.15) is 19.3 Å². The Kier molecular flexibility index (Phi) is 10.1. The molecule has 0 bridgehead atoms. The highest BCUT2D eigenvalue weighted by molar-refractivity contribution is 7.92. The van der Waals surface area contributed by atoms with Gasteiger partial charge in [-0.3, -0.25) is 13.7 Å². The quantitative estimate of drug-likeness (QED) is 0.167. The predicted octanol–water partition coefficient (Wildman–Crippen LogP) is 4.00. The van der Waals surface area contributed by atoms with E-state index < -0.39 is 35.2 Å². The number of aromatic nitrogens is 3. The van der Waals surface area contributed by atoms with Crippen LogP contribution in [0.25, 0.3) is 16.7 Å². The zero-order valence-corrected chi connectivity index (χ0v) is 24.3. The van der Waals surface area contributed by atoms with Gasteiger partial charge < -0.3 is 19.7 Å². The number of benzene rings is 2. The second-order valence-electron chi connectivity index (χ2n) is 8.98. The van der Waals surface area contributed by atoms with Gasteiger partial charge in [0.15, 0.2) is 5.82 Å². The molecule has 0 aliphatic carbocycles. The highest BCUT2D eigenvalue weighted by Gasteiger charge is 2.29. The van der Waals surface area contributed by atoms with Gasteiger partial charge in [-0.05, 0) is 48.9 Å². The summed E-state index contributed by atoms with van der Waals surface area (Å²) in [5.41, 5.74) is 0.928. The van der Waals surface area contributed by atoms with Gasteiger partial charge in [0, 0.05) is 21.6 Å². The van der Waals surface area contributed by atoms with Crippen LogP contribution in [0.2, 0.25) is 10.0 Å². The van der Waals surface area contributed by atoms with Gasteiger partial charge in [-0.15, -0.1) is 0 Å². The molecule has 0 amide bonds. The van der Waals surface area contributed by atoms with E-state index >= 15 is 0 Å². The molecule has 0 fully saturated rings. The van der Waals surface area contributed by atoms with Crippen molar-refractivity contribution in [2.75, 3.05) is 30.7 Å². The molecule has 4 aromatic rings. The molecule has 218 valence electrons. The van der Waals surface area contributed by atoms with Gasteiger partial charge in [-0.1, -0.05) is 36.5 Å². The summed E-state index contributed by atoms with van der Waals surface area (Å²) >= 11 is 12.2. The molecule has 2 aromatic carbocycles. The van der Waals surface area contributed by atoms with Crippen molar-refractivity contribution in [3.63, 3.8) is 0 Å². The predicted molar refractivity (Wildman–Crippen MR) is 154 cm³/mol. The molecule has 2 aromatic heterocycles. The number of anilines is 1. The van der Waals surface area contributed by atoms with Gasteiger partial charge in [-0.2, -0.15) is 0 Å². The first kappa shape index (κ1) is 30.5. The summed E-state index contributed by atoms with van der Waals surface area (Å²) in [5.74, 6) is -0.0648. The van der Waals surface area contributed by atoms with E-state index in [1.54, 1.807) is 35.0 Å². The lowest BCUT2D eigenvalue weighted by atomic mass is 10.2. The minimum absolute atomic E-state index is 0.132. The first-order valence-electron chi connectivity index (χ1n) is 12.6. The topological polar surface area (TPSA) is 144 Å². The number of carbonyl (C=O) groups excluding carboxylic acids is 1. The Balaban J connectivity index is 1.66. The van der Waals surface area contributed by atoms with E-state index in [1.165, 1.54) is 30.6 Å². The highest BCUT2D eigenvalue weighted by Crippen LogP contribution is 2.31. The van der Waals surface area contributed by atoms with Crippen molar-refractivity contribution in [1.82, 2.24) is 14.5 Å². The fraction of sp³-hybridized carbons (Fsp3) is 0.296. The van der Waals surface area contributed by atoms with Crippen LogP contribution in [0.15, 0.2) is 66.0 Å². The third kappa shape index (κ3) is 7.46. The largest absolute Gasteiger partial charge is 0.474 e. The SMILES string of the molecule is CCCCOC(=O)CN(c1ccc2c(ccn2-c2cnc(OCC(O)CO)cn2)c1)S(=O)(=O)c1cc(Cl)cc(Cl)c1. The monoisotopic (exact) mass is 622 g/mol. The van der Waals surface area contributed by atoms with Gasteiger partial charge >= 0.3 is 5.97 Å². The zero-order valence-electron chi connectivity index (χ0n) is 22.0. The Morgan fingerprint density at radius 3 is 2.51 bits per heavy atom. The van der Waals surface area contributed by atoms with E-state index in [0.717, 1.165) is 10.7 Å². The molecule has 1 atom stereocenters. The molecule has 1 unspecified atom stereocenters. The third-order valence-corrected chi connectivity index (χ3v) is 8.10. The first-order chi connectivity index (χ1) is 19.6. The second-order valence-corrected chi connectivity index (χ2v) is 11.7. The summed E-state index contributed by atoms with van der Waals surface area (Å²) < 4.78 is 40.8. The molecule has 41 heavy (non-hydrogen) atoms. The molecule has 2 heterocycles.